The molecule has 2 nitrogen and oxygen atoms in total. The highest BCUT2D eigenvalue weighted by atomic mass is 14.9. The van der Waals surface area contributed by atoms with Gasteiger partial charge in [-0.1, -0.05) is 12.2 Å². The van der Waals surface area contributed by atoms with Gasteiger partial charge in [-0.3, -0.25) is 4.98 Å². The van der Waals surface area contributed by atoms with E-state index in [4.69, 9.17) is 0 Å². The third-order valence-electron chi connectivity index (χ3n) is 2.63. The zero-order chi connectivity index (χ0) is 9.64. The molecular formula is C12H16N2. The summed E-state index contributed by atoms with van der Waals surface area (Å²) in [5.74, 6) is 0.792. The number of anilines is 1. The first-order valence-electron chi connectivity index (χ1n) is 5.24. The van der Waals surface area contributed by atoms with Crippen molar-refractivity contribution in [3.05, 3.63) is 36.7 Å². The van der Waals surface area contributed by atoms with Crippen molar-refractivity contribution in [2.75, 3.05) is 11.9 Å². The van der Waals surface area contributed by atoms with Crippen molar-refractivity contribution in [1.29, 1.82) is 0 Å². The fourth-order valence-electron chi connectivity index (χ4n) is 1.77. The molecule has 0 spiro atoms. The highest BCUT2D eigenvalue weighted by molar-refractivity contribution is 5.39. The zero-order valence-electron chi connectivity index (χ0n) is 8.32. The van der Waals surface area contributed by atoms with E-state index in [0.29, 0.717) is 0 Å². The van der Waals surface area contributed by atoms with Crippen molar-refractivity contribution in [1.82, 2.24) is 4.98 Å². The summed E-state index contributed by atoms with van der Waals surface area (Å²) in [5, 5.41) is 3.42. The van der Waals surface area contributed by atoms with E-state index in [2.05, 4.69) is 28.5 Å². The van der Waals surface area contributed by atoms with Gasteiger partial charge in [0.15, 0.2) is 0 Å². The largest absolute Gasteiger partial charge is 0.384 e. The molecule has 1 aliphatic rings. The highest BCUT2D eigenvalue weighted by Crippen LogP contribution is 2.18. The Kier molecular flexibility index (Phi) is 3.17. The van der Waals surface area contributed by atoms with Crippen LogP contribution in [-0.2, 0) is 0 Å². The number of rotatable bonds is 3. The minimum Gasteiger partial charge on any atom is -0.384 e. The van der Waals surface area contributed by atoms with Gasteiger partial charge < -0.3 is 5.32 Å². The Hall–Kier alpha value is -1.31. The van der Waals surface area contributed by atoms with Gasteiger partial charge in [0.1, 0.15) is 0 Å². The predicted octanol–water partition coefficient (Wildman–Crippen LogP) is 2.85. The molecule has 0 fully saturated rings. The average Bonchev–Trinajstić information content (AvgIpc) is 2.29. The first-order chi connectivity index (χ1) is 6.95. The van der Waals surface area contributed by atoms with Crippen molar-refractivity contribution < 1.29 is 0 Å². The van der Waals surface area contributed by atoms with Crippen LogP contribution in [0.2, 0.25) is 0 Å². The molecule has 0 aromatic carbocycles. The summed E-state index contributed by atoms with van der Waals surface area (Å²) in [5.41, 5.74) is 1.13. The van der Waals surface area contributed by atoms with E-state index in [1.165, 1.54) is 19.3 Å². The SMILES string of the molecule is C1=CC[C@@H](CNc2cccnc2)CC1. The molecule has 1 heterocycles. The van der Waals surface area contributed by atoms with Crippen LogP contribution in [0, 0.1) is 5.92 Å². The number of nitrogens with zero attached hydrogens (tertiary/aromatic N) is 1. The second-order valence-electron chi connectivity index (χ2n) is 3.77. The molecule has 0 saturated heterocycles. The van der Waals surface area contributed by atoms with Crippen LogP contribution in [0.1, 0.15) is 19.3 Å². The fourth-order valence-corrected chi connectivity index (χ4v) is 1.77. The fraction of sp³-hybridized carbons (Fsp3) is 0.417. The van der Waals surface area contributed by atoms with Crippen molar-refractivity contribution in [2.45, 2.75) is 19.3 Å². The molecule has 0 saturated carbocycles. The third kappa shape index (κ3) is 2.59. The molecule has 1 N–H and O–H groups in total. The number of aromatic nitrogens is 1. The maximum absolute atomic E-state index is 4.07. The van der Waals surface area contributed by atoms with E-state index in [-0.39, 0.29) is 0 Å². The summed E-state index contributed by atoms with van der Waals surface area (Å²) in [4.78, 5) is 4.07. The summed E-state index contributed by atoms with van der Waals surface area (Å²) in [6.07, 6.45) is 12.0. The van der Waals surface area contributed by atoms with Gasteiger partial charge in [-0.25, -0.2) is 0 Å². The lowest BCUT2D eigenvalue weighted by Gasteiger charge is -2.18. The summed E-state index contributed by atoms with van der Waals surface area (Å²) in [7, 11) is 0. The number of nitrogens with one attached hydrogen (secondary N) is 1. The maximum Gasteiger partial charge on any atom is 0.0526 e. The molecule has 2 rings (SSSR count). The molecule has 14 heavy (non-hydrogen) atoms. The van der Waals surface area contributed by atoms with E-state index in [1.54, 1.807) is 6.20 Å². The first-order valence-corrected chi connectivity index (χ1v) is 5.24. The molecule has 0 radical (unpaired) electrons. The van der Waals surface area contributed by atoms with Crippen molar-refractivity contribution in [3.63, 3.8) is 0 Å². The molecule has 0 bridgehead atoms. The van der Waals surface area contributed by atoms with Gasteiger partial charge in [-0.2, -0.15) is 0 Å². The van der Waals surface area contributed by atoms with Gasteiger partial charge >= 0.3 is 0 Å². The van der Waals surface area contributed by atoms with Crippen LogP contribution in [0.3, 0.4) is 0 Å². The van der Waals surface area contributed by atoms with Gasteiger partial charge in [0.25, 0.3) is 0 Å². The van der Waals surface area contributed by atoms with E-state index in [9.17, 15) is 0 Å². The molecule has 0 aliphatic heterocycles. The normalized spacial score (nSPS) is 20.7. The quantitative estimate of drug-likeness (QED) is 0.738. The maximum atomic E-state index is 4.07. The van der Waals surface area contributed by atoms with Gasteiger partial charge in [0.05, 0.1) is 5.69 Å². The Bertz CT molecular complexity index is 292. The lowest BCUT2D eigenvalue weighted by molar-refractivity contribution is 0.504. The van der Waals surface area contributed by atoms with Gasteiger partial charge in [-0.15, -0.1) is 0 Å². The molecule has 74 valence electrons. The Morgan fingerprint density at radius 3 is 3.14 bits per heavy atom. The van der Waals surface area contributed by atoms with E-state index in [0.717, 1.165) is 18.2 Å². The van der Waals surface area contributed by atoms with Crippen LogP contribution < -0.4 is 5.32 Å². The summed E-state index contributed by atoms with van der Waals surface area (Å²) < 4.78 is 0. The first kappa shape index (κ1) is 9.25. The molecule has 0 amide bonds. The Morgan fingerprint density at radius 2 is 2.43 bits per heavy atom. The van der Waals surface area contributed by atoms with E-state index >= 15 is 0 Å². The smallest absolute Gasteiger partial charge is 0.0526 e. The zero-order valence-corrected chi connectivity index (χ0v) is 8.32. The highest BCUT2D eigenvalue weighted by Gasteiger charge is 2.08. The van der Waals surface area contributed by atoms with E-state index < -0.39 is 0 Å². The Labute approximate surface area is 85.1 Å². The molecule has 1 aromatic heterocycles. The van der Waals surface area contributed by atoms with Crippen molar-refractivity contribution in [2.24, 2.45) is 5.92 Å². The minimum absolute atomic E-state index is 0.792. The van der Waals surface area contributed by atoms with Gasteiger partial charge in [-0.05, 0) is 37.3 Å². The third-order valence-corrected chi connectivity index (χ3v) is 2.63. The average molecular weight is 188 g/mol. The molecule has 1 atom stereocenters. The predicted molar refractivity (Wildman–Crippen MR) is 59.2 cm³/mol. The lowest BCUT2D eigenvalue weighted by atomic mass is 9.94. The van der Waals surface area contributed by atoms with E-state index in [1.807, 2.05) is 12.3 Å². The minimum atomic E-state index is 0.792. The topological polar surface area (TPSA) is 24.9 Å². The number of allylic oxidation sites excluding steroid dienone is 2. The van der Waals surface area contributed by atoms with Crippen LogP contribution in [0.4, 0.5) is 5.69 Å². The summed E-state index contributed by atoms with van der Waals surface area (Å²) >= 11 is 0. The van der Waals surface area contributed by atoms with Crippen LogP contribution >= 0.6 is 0 Å². The van der Waals surface area contributed by atoms with Crippen LogP contribution in [0.5, 0.6) is 0 Å². The Balaban J connectivity index is 1.80. The summed E-state index contributed by atoms with van der Waals surface area (Å²) in [6.45, 7) is 1.07. The molecule has 2 heteroatoms. The molecule has 1 aliphatic carbocycles. The Morgan fingerprint density at radius 1 is 1.43 bits per heavy atom. The molecular weight excluding hydrogens is 172 g/mol. The summed E-state index contributed by atoms with van der Waals surface area (Å²) in [6, 6.07) is 4.02. The standard InChI is InChI=1S/C12H16N2/c1-2-5-11(6-3-1)9-14-12-7-4-8-13-10-12/h1-2,4,7-8,10-11,14H,3,5-6,9H2/t11-/m1/s1. The van der Waals surface area contributed by atoms with Crippen LogP contribution in [-0.4, -0.2) is 11.5 Å². The lowest BCUT2D eigenvalue weighted by Crippen LogP contribution is -2.15. The second-order valence-corrected chi connectivity index (χ2v) is 3.77. The van der Waals surface area contributed by atoms with Crippen LogP contribution in [0.15, 0.2) is 36.7 Å². The molecule has 1 aromatic rings. The number of hydrogen-bond donors (Lipinski definition) is 1. The number of hydrogen-bond acceptors (Lipinski definition) is 2. The van der Waals surface area contributed by atoms with Gasteiger partial charge in [0.2, 0.25) is 0 Å². The van der Waals surface area contributed by atoms with Crippen molar-refractivity contribution in [3.8, 4) is 0 Å². The number of pyridine rings is 1. The van der Waals surface area contributed by atoms with Crippen LogP contribution in [0.25, 0.3) is 0 Å². The monoisotopic (exact) mass is 188 g/mol. The van der Waals surface area contributed by atoms with Crippen molar-refractivity contribution >= 4 is 5.69 Å². The molecule has 0 unspecified atom stereocenters. The van der Waals surface area contributed by atoms with Gasteiger partial charge in [0, 0.05) is 18.9 Å². The second kappa shape index (κ2) is 4.80.